The van der Waals surface area contributed by atoms with Crippen molar-refractivity contribution in [2.24, 2.45) is 5.92 Å². The first-order valence-electron chi connectivity index (χ1n) is 7.54. The van der Waals surface area contributed by atoms with Crippen LogP contribution in [-0.2, 0) is 0 Å². The van der Waals surface area contributed by atoms with Gasteiger partial charge in [0.25, 0.3) is 0 Å². The maximum absolute atomic E-state index is 3.70. The molecule has 0 aromatic rings. The molecule has 0 saturated heterocycles. The highest BCUT2D eigenvalue weighted by molar-refractivity contribution is 4.72. The molecule has 0 aromatic carbocycles. The van der Waals surface area contributed by atoms with Crippen LogP contribution in [0.1, 0.15) is 78.1 Å². The second-order valence-corrected chi connectivity index (χ2v) is 4.43. The van der Waals surface area contributed by atoms with E-state index >= 15 is 0 Å². The van der Waals surface area contributed by atoms with E-state index in [-0.39, 0.29) is 0 Å². The van der Waals surface area contributed by atoms with Crippen LogP contribution in [0.3, 0.4) is 0 Å². The van der Waals surface area contributed by atoms with Crippen molar-refractivity contribution in [2.45, 2.75) is 78.1 Å². The minimum absolute atomic E-state index is 1.09. The lowest BCUT2D eigenvalue weighted by Gasteiger charge is -2.24. The molecule has 0 radical (unpaired) electrons. The number of rotatable bonds is 4. The first-order chi connectivity index (χ1) is 8.43. The Hall–Kier alpha value is -0.520. The van der Waals surface area contributed by atoms with Gasteiger partial charge in [-0.1, -0.05) is 71.3 Å². The van der Waals surface area contributed by atoms with Crippen LogP contribution in [-0.4, -0.2) is 0 Å². The first kappa shape index (κ1) is 18.8. The summed E-state index contributed by atoms with van der Waals surface area (Å²) in [5.74, 6) is 1.09. The third kappa shape index (κ3) is 13.4. The van der Waals surface area contributed by atoms with Crippen LogP contribution < -0.4 is 0 Å². The van der Waals surface area contributed by atoms with Crippen molar-refractivity contribution in [3.63, 3.8) is 0 Å². The molecule has 0 nitrogen and oxygen atoms in total. The van der Waals surface area contributed by atoms with Gasteiger partial charge in [0.15, 0.2) is 0 Å². The Morgan fingerprint density at radius 2 is 1.41 bits per heavy atom. The van der Waals surface area contributed by atoms with Crippen LogP contribution in [0.15, 0.2) is 25.8 Å². The van der Waals surface area contributed by atoms with Crippen molar-refractivity contribution in [1.29, 1.82) is 0 Å². The van der Waals surface area contributed by atoms with Crippen LogP contribution in [0.25, 0.3) is 0 Å². The number of unbranched alkanes of at least 4 members (excludes halogenated alkanes) is 1. The van der Waals surface area contributed by atoms with Gasteiger partial charge in [-0.2, -0.15) is 0 Å². The van der Waals surface area contributed by atoms with Gasteiger partial charge in [-0.25, -0.2) is 0 Å². The van der Waals surface area contributed by atoms with Crippen molar-refractivity contribution in [3.05, 3.63) is 25.8 Å². The molecule has 0 bridgehead atoms. The van der Waals surface area contributed by atoms with Crippen molar-refractivity contribution in [3.8, 4) is 0 Å². The fraction of sp³-hybridized carbons (Fsp3) is 0.765. The van der Waals surface area contributed by atoms with Gasteiger partial charge >= 0.3 is 0 Å². The van der Waals surface area contributed by atoms with Crippen LogP contribution in [0.5, 0.6) is 0 Å². The summed E-state index contributed by atoms with van der Waals surface area (Å²) in [7, 11) is 0. The van der Waals surface area contributed by atoms with Gasteiger partial charge in [0.2, 0.25) is 0 Å². The molecule has 0 N–H and O–H groups in total. The van der Waals surface area contributed by atoms with Crippen molar-refractivity contribution >= 4 is 0 Å². The molecule has 0 aromatic heterocycles. The molecule has 17 heavy (non-hydrogen) atoms. The highest BCUT2D eigenvalue weighted by Gasteiger charge is 2.15. The summed E-state index contributed by atoms with van der Waals surface area (Å²) in [6.07, 6.45) is 16.5. The average molecular weight is 238 g/mol. The Morgan fingerprint density at radius 1 is 0.941 bits per heavy atom. The summed E-state index contributed by atoms with van der Waals surface area (Å²) in [6.45, 7) is 13.7. The Balaban J connectivity index is 0. The van der Waals surface area contributed by atoms with Gasteiger partial charge in [0.05, 0.1) is 0 Å². The molecule has 0 atom stereocenters. The van der Waals surface area contributed by atoms with Crippen molar-refractivity contribution in [2.75, 3.05) is 0 Å². The highest BCUT2D eigenvalue weighted by Crippen LogP contribution is 2.30. The second kappa shape index (κ2) is 17.9. The van der Waals surface area contributed by atoms with E-state index < -0.39 is 0 Å². The van der Waals surface area contributed by atoms with E-state index in [0.717, 1.165) is 5.92 Å². The Bertz CT molecular complexity index is 125. The van der Waals surface area contributed by atoms with E-state index in [1.54, 1.807) is 0 Å². The Kier molecular flexibility index (Phi) is 19.8. The molecule has 2 saturated carbocycles. The fourth-order valence-corrected chi connectivity index (χ4v) is 1.58. The third-order valence-electron chi connectivity index (χ3n) is 3.25. The molecule has 0 aliphatic heterocycles. The van der Waals surface area contributed by atoms with Crippen LogP contribution in [0.4, 0.5) is 0 Å². The summed E-state index contributed by atoms with van der Waals surface area (Å²) in [5.41, 5.74) is 0. The van der Waals surface area contributed by atoms with E-state index in [0.29, 0.717) is 0 Å². The summed E-state index contributed by atoms with van der Waals surface area (Å²) in [5, 5.41) is 0. The summed E-state index contributed by atoms with van der Waals surface area (Å²) in [4.78, 5) is 0. The largest absolute Gasteiger partial charge is 0.106 e. The standard InChI is InChI=1S/C9H16.C4H8.C2H6.C2H4/c1-2-3-4-6-9-7-5-8-9;1-2-4-3-1;2*1-2/h2,9H,1,3-8H2;1-4H2;1-2H3;1-2H2. The van der Waals surface area contributed by atoms with Crippen LogP contribution in [0, 0.1) is 5.92 Å². The third-order valence-corrected chi connectivity index (χ3v) is 3.25. The fourth-order valence-electron chi connectivity index (χ4n) is 1.58. The summed E-state index contributed by atoms with van der Waals surface area (Å²) >= 11 is 0. The lowest BCUT2D eigenvalue weighted by molar-refractivity contribution is 0.290. The van der Waals surface area contributed by atoms with Crippen molar-refractivity contribution < 1.29 is 0 Å². The van der Waals surface area contributed by atoms with Gasteiger partial charge < -0.3 is 0 Å². The number of hydrogen-bond acceptors (Lipinski definition) is 0. The molecule has 0 amide bonds. The highest BCUT2D eigenvalue weighted by atomic mass is 14.2. The normalized spacial score (nSPS) is 16.4. The Labute approximate surface area is 110 Å². The maximum Gasteiger partial charge on any atom is -0.0353 e. The summed E-state index contributed by atoms with van der Waals surface area (Å²) in [6, 6.07) is 0. The molecule has 2 fully saturated rings. The topological polar surface area (TPSA) is 0 Å². The summed E-state index contributed by atoms with van der Waals surface area (Å²) < 4.78 is 0. The van der Waals surface area contributed by atoms with Gasteiger partial charge in [0, 0.05) is 0 Å². The zero-order chi connectivity index (χ0) is 13.4. The van der Waals surface area contributed by atoms with Crippen molar-refractivity contribution in [1.82, 2.24) is 0 Å². The molecule has 2 aliphatic carbocycles. The quantitative estimate of drug-likeness (QED) is 0.386. The lowest BCUT2D eigenvalue weighted by atomic mass is 9.82. The lowest BCUT2D eigenvalue weighted by Crippen LogP contribution is -2.09. The number of hydrogen-bond donors (Lipinski definition) is 0. The molecular formula is C17H34. The van der Waals surface area contributed by atoms with E-state index in [4.69, 9.17) is 0 Å². The molecule has 0 heteroatoms. The van der Waals surface area contributed by atoms with Gasteiger partial charge in [-0.05, 0) is 18.8 Å². The molecular weight excluding hydrogens is 204 g/mol. The zero-order valence-electron chi connectivity index (χ0n) is 12.3. The Morgan fingerprint density at radius 3 is 1.65 bits per heavy atom. The monoisotopic (exact) mass is 238 g/mol. The average Bonchev–Trinajstić information content (AvgIpc) is 2.25. The van der Waals surface area contributed by atoms with Gasteiger partial charge in [-0.15, -0.1) is 19.7 Å². The molecule has 2 aliphatic rings. The first-order valence-corrected chi connectivity index (χ1v) is 7.54. The second-order valence-electron chi connectivity index (χ2n) is 4.43. The van der Waals surface area contributed by atoms with E-state index in [1.165, 1.54) is 64.2 Å². The van der Waals surface area contributed by atoms with E-state index in [1.807, 2.05) is 19.9 Å². The predicted molar refractivity (Wildman–Crippen MR) is 82.5 cm³/mol. The molecule has 0 unspecified atom stereocenters. The molecule has 2 rings (SSSR count). The maximum atomic E-state index is 3.70. The van der Waals surface area contributed by atoms with Gasteiger partial charge in [0.1, 0.15) is 0 Å². The molecule has 0 spiro atoms. The molecule has 0 heterocycles. The van der Waals surface area contributed by atoms with Crippen LogP contribution >= 0.6 is 0 Å². The zero-order valence-corrected chi connectivity index (χ0v) is 12.3. The minimum atomic E-state index is 1.09. The minimum Gasteiger partial charge on any atom is -0.106 e. The van der Waals surface area contributed by atoms with E-state index in [9.17, 15) is 0 Å². The predicted octanol–water partition coefficient (Wildman–Crippen LogP) is 6.53. The van der Waals surface area contributed by atoms with Gasteiger partial charge in [-0.3, -0.25) is 0 Å². The number of allylic oxidation sites excluding steroid dienone is 1. The SMILES string of the molecule is C1CCC1.C=C.C=CCCCC1CCC1.CC. The smallest absolute Gasteiger partial charge is 0.0353 e. The van der Waals surface area contributed by atoms with Crippen LogP contribution in [0.2, 0.25) is 0 Å². The van der Waals surface area contributed by atoms with E-state index in [2.05, 4.69) is 19.7 Å². The molecule has 102 valence electrons.